The van der Waals surface area contributed by atoms with Crippen LogP contribution in [-0.4, -0.2) is 21.3 Å². The molecule has 0 saturated heterocycles. The number of ether oxygens (including phenoxy) is 3. The molecule has 3 aromatic carbocycles. The first kappa shape index (κ1) is 19.8. The van der Waals surface area contributed by atoms with Crippen molar-refractivity contribution in [2.24, 2.45) is 0 Å². The third-order valence-corrected chi connectivity index (χ3v) is 5.05. The maximum Gasteiger partial charge on any atom is 0.125 e. The Morgan fingerprint density at radius 2 is 1.07 bits per heavy atom. The quantitative estimate of drug-likeness (QED) is 0.508. The van der Waals surface area contributed by atoms with Crippen molar-refractivity contribution >= 4 is 0 Å². The van der Waals surface area contributed by atoms with Crippen LogP contribution in [0, 0.1) is 0 Å². The summed E-state index contributed by atoms with van der Waals surface area (Å²) in [5.74, 6) is 2.66. The zero-order valence-electron chi connectivity index (χ0n) is 16.9. The van der Waals surface area contributed by atoms with Gasteiger partial charge in [0.15, 0.2) is 0 Å². The maximum absolute atomic E-state index is 5.63. The van der Waals surface area contributed by atoms with E-state index >= 15 is 0 Å². The van der Waals surface area contributed by atoms with Gasteiger partial charge >= 0.3 is 0 Å². The van der Waals surface area contributed by atoms with Gasteiger partial charge in [-0.05, 0) is 66.1 Å². The summed E-state index contributed by atoms with van der Waals surface area (Å²) < 4.78 is 16.5. The summed E-state index contributed by atoms with van der Waals surface area (Å²) in [4.78, 5) is 0. The highest BCUT2D eigenvalue weighted by Crippen LogP contribution is 2.31. The first-order valence-electron chi connectivity index (χ1n) is 9.64. The fourth-order valence-corrected chi connectivity index (χ4v) is 3.42. The number of hydrogen-bond acceptors (Lipinski definition) is 3. The minimum absolute atomic E-state index is 0.883. The second-order valence-electron chi connectivity index (χ2n) is 6.81. The number of benzene rings is 3. The Balaban J connectivity index is 1.76. The van der Waals surface area contributed by atoms with E-state index in [0.29, 0.717) is 0 Å². The average molecular weight is 376 g/mol. The lowest BCUT2D eigenvalue weighted by Gasteiger charge is -2.15. The Bertz CT molecular complexity index is 870. The Labute approximate surface area is 167 Å². The van der Waals surface area contributed by atoms with Crippen molar-refractivity contribution in [3.05, 3.63) is 89.0 Å². The fraction of sp³-hybridized carbons (Fsp3) is 0.280. The SMILES string of the molecule is COc1ccc(CCc2cc(CCc3ccccc3)c(OC)cc2OC)cc1. The highest BCUT2D eigenvalue weighted by atomic mass is 16.5. The van der Waals surface area contributed by atoms with Crippen molar-refractivity contribution in [3.8, 4) is 17.2 Å². The lowest BCUT2D eigenvalue weighted by Crippen LogP contribution is -2.01. The average Bonchev–Trinajstić information content (AvgIpc) is 2.77. The van der Waals surface area contributed by atoms with Gasteiger partial charge in [-0.15, -0.1) is 0 Å². The van der Waals surface area contributed by atoms with Crippen LogP contribution in [0.5, 0.6) is 17.2 Å². The first-order chi connectivity index (χ1) is 13.7. The molecule has 0 atom stereocenters. The summed E-state index contributed by atoms with van der Waals surface area (Å²) >= 11 is 0. The summed E-state index contributed by atoms with van der Waals surface area (Å²) in [6.07, 6.45) is 3.79. The van der Waals surface area contributed by atoms with E-state index in [1.807, 2.05) is 18.2 Å². The smallest absolute Gasteiger partial charge is 0.125 e. The van der Waals surface area contributed by atoms with Crippen molar-refractivity contribution in [1.29, 1.82) is 0 Å². The van der Waals surface area contributed by atoms with Gasteiger partial charge in [0.1, 0.15) is 17.2 Å². The Hall–Kier alpha value is -2.94. The molecule has 0 aliphatic carbocycles. The maximum atomic E-state index is 5.63. The molecule has 0 radical (unpaired) electrons. The molecule has 0 saturated carbocycles. The van der Waals surface area contributed by atoms with Crippen LogP contribution >= 0.6 is 0 Å². The van der Waals surface area contributed by atoms with E-state index in [9.17, 15) is 0 Å². The molecule has 28 heavy (non-hydrogen) atoms. The zero-order valence-corrected chi connectivity index (χ0v) is 16.9. The van der Waals surface area contributed by atoms with Gasteiger partial charge in [-0.25, -0.2) is 0 Å². The molecule has 3 nitrogen and oxygen atoms in total. The van der Waals surface area contributed by atoms with Crippen molar-refractivity contribution in [3.63, 3.8) is 0 Å². The molecule has 0 aromatic heterocycles. The molecule has 0 heterocycles. The molecule has 0 aliphatic heterocycles. The Morgan fingerprint density at radius 3 is 1.57 bits per heavy atom. The third-order valence-electron chi connectivity index (χ3n) is 5.05. The predicted octanol–water partition coefficient (Wildman–Crippen LogP) is 5.28. The lowest BCUT2D eigenvalue weighted by atomic mass is 9.97. The van der Waals surface area contributed by atoms with E-state index in [1.165, 1.54) is 22.3 Å². The number of rotatable bonds is 9. The molecular formula is C25H28O3. The second kappa shape index (κ2) is 9.84. The predicted molar refractivity (Wildman–Crippen MR) is 114 cm³/mol. The largest absolute Gasteiger partial charge is 0.497 e. The van der Waals surface area contributed by atoms with Gasteiger partial charge < -0.3 is 14.2 Å². The van der Waals surface area contributed by atoms with E-state index in [4.69, 9.17) is 14.2 Å². The molecule has 0 bridgehead atoms. The van der Waals surface area contributed by atoms with Gasteiger partial charge in [0.25, 0.3) is 0 Å². The minimum Gasteiger partial charge on any atom is -0.497 e. The van der Waals surface area contributed by atoms with Gasteiger partial charge in [-0.1, -0.05) is 42.5 Å². The highest BCUT2D eigenvalue weighted by Gasteiger charge is 2.12. The summed E-state index contributed by atoms with van der Waals surface area (Å²) in [7, 11) is 5.13. The topological polar surface area (TPSA) is 27.7 Å². The van der Waals surface area contributed by atoms with E-state index < -0.39 is 0 Å². The fourth-order valence-electron chi connectivity index (χ4n) is 3.42. The van der Waals surface area contributed by atoms with Gasteiger partial charge in [0, 0.05) is 6.07 Å². The summed E-state index contributed by atoms with van der Waals surface area (Å²) in [5, 5.41) is 0. The van der Waals surface area contributed by atoms with E-state index in [0.717, 1.165) is 42.9 Å². The van der Waals surface area contributed by atoms with Crippen molar-refractivity contribution in [2.75, 3.05) is 21.3 Å². The zero-order chi connectivity index (χ0) is 19.8. The molecule has 0 amide bonds. The Kier molecular flexibility index (Phi) is 6.96. The van der Waals surface area contributed by atoms with Gasteiger partial charge in [-0.2, -0.15) is 0 Å². The van der Waals surface area contributed by atoms with Crippen LogP contribution in [0.1, 0.15) is 22.3 Å². The van der Waals surface area contributed by atoms with Crippen molar-refractivity contribution in [2.45, 2.75) is 25.7 Å². The van der Waals surface area contributed by atoms with Crippen molar-refractivity contribution in [1.82, 2.24) is 0 Å². The third kappa shape index (κ3) is 5.07. The monoisotopic (exact) mass is 376 g/mol. The van der Waals surface area contributed by atoms with Crippen LogP contribution in [0.15, 0.2) is 66.7 Å². The molecule has 0 unspecified atom stereocenters. The van der Waals surface area contributed by atoms with Crippen LogP contribution in [0.3, 0.4) is 0 Å². The normalized spacial score (nSPS) is 10.5. The standard InChI is InChI=1S/C25H28O3/c1-26-23-15-11-20(12-16-23)10-14-22-17-21(24(27-2)18-25(22)28-3)13-9-19-7-5-4-6-8-19/h4-8,11-12,15-18H,9-10,13-14H2,1-3H3. The second-order valence-corrected chi connectivity index (χ2v) is 6.81. The lowest BCUT2D eigenvalue weighted by molar-refractivity contribution is 0.388. The number of methoxy groups -OCH3 is 3. The summed E-state index contributed by atoms with van der Waals surface area (Å²) in [6.45, 7) is 0. The van der Waals surface area contributed by atoms with Crippen LogP contribution in [-0.2, 0) is 25.7 Å². The highest BCUT2D eigenvalue weighted by molar-refractivity contribution is 5.47. The van der Waals surface area contributed by atoms with E-state index in [-0.39, 0.29) is 0 Å². The number of aryl methyl sites for hydroxylation is 4. The van der Waals surface area contributed by atoms with Gasteiger partial charge in [-0.3, -0.25) is 0 Å². The molecule has 3 aromatic rings. The van der Waals surface area contributed by atoms with Crippen LogP contribution in [0.2, 0.25) is 0 Å². The summed E-state index contributed by atoms with van der Waals surface area (Å²) in [5.41, 5.74) is 5.05. The molecule has 0 N–H and O–H groups in total. The van der Waals surface area contributed by atoms with Crippen LogP contribution < -0.4 is 14.2 Å². The molecular weight excluding hydrogens is 348 g/mol. The number of hydrogen-bond donors (Lipinski definition) is 0. The first-order valence-corrected chi connectivity index (χ1v) is 9.64. The molecule has 3 heteroatoms. The van der Waals surface area contributed by atoms with Gasteiger partial charge in [0.2, 0.25) is 0 Å². The van der Waals surface area contributed by atoms with E-state index in [1.54, 1.807) is 21.3 Å². The minimum atomic E-state index is 0.883. The van der Waals surface area contributed by atoms with Crippen LogP contribution in [0.25, 0.3) is 0 Å². The molecule has 0 fully saturated rings. The Morgan fingerprint density at radius 1 is 0.536 bits per heavy atom. The van der Waals surface area contributed by atoms with E-state index in [2.05, 4.69) is 48.5 Å². The molecule has 3 rings (SSSR count). The van der Waals surface area contributed by atoms with Crippen molar-refractivity contribution < 1.29 is 14.2 Å². The molecule has 0 spiro atoms. The van der Waals surface area contributed by atoms with Crippen LogP contribution in [0.4, 0.5) is 0 Å². The summed E-state index contributed by atoms with van der Waals surface area (Å²) in [6, 6.07) is 23.1. The molecule has 146 valence electrons. The molecule has 0 aliphatic rings. The van der Waals surface area contributed by atoms with Gasteiger partial charge in [0.05, 0.1) is 21.3 Å².